The van der Waals surface area contributed by atoms with Crippen molar-refractivity contribution in [3.63, 3.8) is 0 Å². The van der Waals surface area contributed by atoms with E-state index in [0.717, 1.165) is 19.4 Å². The molecule has 2 N–H and O–H groups in total. The molecule has 5 nitrogen and oxygen atoms in total. The average Bonchev–Trinajstić information content (AvgIpc) is 2.28. The van der Waals surface area contributed by atoms with Crippen LogP contribution >= 0.6 is 11.6 Å². The zero-order valence-corrected chi connectivity index (χ0v) is 10.9. The van der Waals surface area contributed by atoms with E-state index < -0.39 is 0 Å². The van der Waals surface area contributed by atoms with E-state index in [9.17, 15) is 10.1 Å². The summed E-state index contributed by atoms with van der Waals surface area (Å²) in [5.74, 6) is 0. The Morgan fingerprint density at radius 3 is 2.89 bits per heavy atom. The molecule has 0 spiro atoms. The lowest BCUT2D eigenvalue weighted by atomic mass is 9.98. The predicted molar refractivity (Wildman–Crippen MR) is 72.1 cm³/mol. The van der Waals surface area contributed by atoms with Crippen LogP contribution in [0.1, 0.15) is 19.8 Å². The van der Waals surface area contributed by atoms with E-state index >= 15 is 0 Å². The molecule has 1 fully saturated rings. The third-order valence-corrected chi connectivity index (χ3v) is 3.60. The summed E-state index contributed by atoms with van der Waals surface area (Å²) in [6.07, 6.45) is 1.68. The molecule has 1 aliphatic rings. The number of nitro groups is 1. The van der Waals surface area contributed by atoms with Gasteiger partial charge in [0.1, 0.15) is 5.69 Å². The number of benzene rings is 1. The van der Waals surface area contributed by atoms with Gasteiger partial charge in [0.2, 0.25) is 0 Å². The van der Waals surface area contributed by atoms with Crippen LogP contribution in [0.5, 0.6) is 0 Å². The summed E-state index contributed by atoms with van der Waals surface area (Å²) in [5, 5.41) is 11.6. The molecule has 2 unspecified atom stereocenters. The molecule has 0 aliphatic carbocycles. The molecule has 98 valence electrons. The van der Waals surface area contributed by atoms with Crippen molar-refractivity contribution in [2.45, 2.75) is 31.8 Å². The second kappa shape index (κ2) is 5.12. The summed E-state index contributed by atoms with van der Waals surface area (Å²) in [7, 11) is 0. The van der Waals surface area contributed by atoms with E-state index in [2.05, 4.69) is 0 Å². The second-order valence-corrected chi connectivity index (χ2v) is 5.15. The molecule has 0 bridgehead atoms. The molecule has 1 aliphatic heterocycles. The van der Waals surface area contributed by atoms with E-state index in [1.165, 1.54) is 6.07 Å². The van der Waals surface area contributed by atoms with Gasteiger partial charge in [0.15, 0.2) is 0 Å². The Hall–Kier alpha value is -1.33. The number of hydrogen-bond donors (Lipinski definition) is 1. The molecule has 0 saturated carbocycles. The van der Waals surface area contributed by atoms with Gasteiger partial charge in [-0.15, -0.1) is 0 Å². The van der Waals surface area contributed by atoms with Crippen molar-refractivity contribution >= 4 is 23.0 Å². The highest BCUT2D eigenvalue weighted by Crippen LogP contribution is 2.34. The Kier molecular flexibility index (Phi) is 3.73. The van der Waals surface area contributed by atoms with Gasteiger partial charge in [-0.1, -0.05) is 11.6 Å². The van der Waals surface area contributed by atoms with Gasteiger partial charge in [-0.25, -0.2) is 0 Å². The number of nitrogens with two attached hydrogens (primary N) is 1. The van der Waals surface area contributed by atoms with Crippen LogP contribution in [0.2, 0.25) is 5.02 Å². The van der Waals surface area contributed by atoms with Gasteiger partial charge >= 0.3 is 0 Å². The number of piperidine rings is 1. The van der Waals surface area contributed by atoms with Crippen molar-refractivity contribution in [2.75, 3.05) is 11.4 Å². The predicted octanol–water partition coefficient (Wildman–Crippen LogP) is 2.56. The van der Waals surface area contributed by atoms with Crippen LogP contribution in [0.3, 0.4) is 0 Å². The highest BCUT2D eigenvalue weighted by molar-refractivity contribution is 6.31. The maximum Gasteiger partial charge on any atom is 0.292 e. The van der Waals surface area contributed by atoms with Gasteiger partial charge < -0.3 is 10.6 Å². The van der Waals surface area contributed by atoms with E-state index in [-0.39, 0.29) is 22.7 Å². The molecule has 0 aromatic heterocycles. The molecule has 0 radical (unpaired) electrons. The first-order valence-corrected chi connectivity index (χ1v) is 6.33. The molecule has 1 aromatic rings. The topological polar surface area (TPSA) is 72.4 Å². The molecule has 1 aromatic carbocycles. The van der Waals surface area contributed by atoms with Crippen LogP contribution in [-0.4, -0.2) is 23.6 Å². The summed E-state index contributed by atoms with van der Waals surface area (Å²) < 4.78 is 0. The van der Waals surface area contributed by atoms with Crippen LogP contribution in [0.4, 0.5) is 11.4 Å². The molecule has 6 heteroatoms. The summed E-state index contributed by atoms with van der Waals surface area (Å²) in [6.45, 7) is 2.76. The third-order valence-electron chi connectivity index (χ3n) is 3.36. The molecule has 18 heavy (non-hydrogen) atoms. The minimum absolute atomic E-state index is 0.0988. The first-order valence-electron chi connectivity index (χ1n) is 5.95. The minimum Gasteiger partial charge on any atom is -0.363 e. The Morgan fingerprint density at radius 1 is 1.56 bits per heavy atom. The first-order chi connectivity index (χ1) is 8.49. The first kappa shape index (κ1) is 13.1. The molecule has 1 heterocycles. The highest BCUT2D eigenvalue weighted by Gasteiger charge is 2.28. The van der Waals surface area contributed by atoms with Gasteiger partial charge in [-0.05, 0) is 31.9 Å². The summed E-state index contributed by atoms with van der Waals surface area (Å²) >= 11 is 5.94. The van der Waals surface area contributed by atoms with Crippen molar-refractivity contribution in [3.8, 4) is 0 Å². The Balaban J connectivity index is 2.37. The lowest BCUT2D eigenvalue weighted by Gasteiger charge is -2.37. The fraction of sp³-hybridized carbons (Fsp3) is 0.500. The summed E-state index contributed by atoms with van der Waals surface area (Å²) in [5.41, 5.74) is 6.60. The molecule has 2 atom stereocenters. The summed E-state index contributed by atoms with van der Waals surface area (Å²) in [6, 6.07) is 5.02. The fourth-order valence-corrected chi connectivity index (χ4v) is 2.61. The van der Waals surface area contributed by atoms with Crippen LogP contribution in [-0.2, 0) is 0 Å². The van der Waals surface area contributed by atoms with Crippen molar-refractivity contribution in [3.05, 3.63) is 33.3 Å². The van der Waals surface area contributed by atoms with Gasteiger partial charge in [0, 0.05) is 29.7 Å². The molecular weight excluding hydrogens is 254 g/mol. The van der Waals surface area contributed by atoms with Crippen molar-refractivity contribution < 1.29 is 4.92 Å². The Bertz CT molecular complexity index is 467. The van der Waals surface area contributed by atoms with Crippen molar-refractivity contribution in [2.24, 2.45) is 5.73 Å². The quantitative estimate of drug-likeness (QED) is 0.661. The van der Waals surface area contributed by atoms with E-state index in [1.807, 2.05) is 11.8 Å². The maximum absolute atomic E-state index is 11.1. The molecule has 0 amide bonds. The Labute approximate surface area is 111 Å². The van der Waals surface area contributed by atoms with Crippen LogP contribution in [0.25, 0.3) is 0 Å². The minimum atomic E-state index is -0.368. The second-order valence-electron chi connectivity index (χ2n) is 4.72. The fourth-order valence-electron chi connectivity index (χ4n) is 2.45. The number of nitrogens with zero attached hydrogens (tertiary/aromatic N) is 2. The normalized spacial score (nSPS) is 24.1. The van der Waals surface area contributed by atoms with Crippen molar-refractivity contribution in [1.82, 2.24) is 0 Å². The molecule has 1 saturated heterocycles. The number of hydrogen-bond acceptors (Lipinski definition) is 4. The van der Waals surface area contributed by atoms with Gasteiger partial charge in [0.25, 0.3) is 5.69 Å². The van der Waals surface area contributed by atoms with E-state index in [0.29, 0.717) is 10.7 Å². The number of halogens is 1. The SMILES string of the molecule is CC1CC(N)CCN1c1cc(Cl)ccc1[N+](=O)[O-]. The highest BCUT2D eigenvalue weighted by atomic mass is 35.5. The maximum atomic E-state index is 11.1. The van der Waals surface area contributed by atoms with Crippen molar-refractivity contribution in [1.29, 1.82) is 0 Å². The lowest BCUT2D eigenvalue weighted by Crippen LogP contribution is -2.45. The van der Waals surface area contributed by atoms with Crippen LogP contribution in [0.15, 0.2) is 18.2 Å². The van der Waals surface area contributed by atoms with E-state index in [4.69, 9.17) is 17.3 Å². The monoisotopic (exact) mass is 269 g/mol. The third kappa shape index (κ3) is 2.57. The molecule has 2 rings (SSSR count). The molecular formula is C12H16ClN3O2. The van der Waals surface area contributed by atoms with Gasteiger partial charge in [-0.2, -0.15) is 0 Å². The average molecular weight is 270 g/mol. The number of nitro benzene ring substituents is 1. The number of anilines is 1. The largest absolute Gasteiger partial charge is 0.363 e. The van der Waals surface area contributed by atoms with Crippen LogP contribution in [0, 0.1) is 10.1 Å². The Morgan fingerprint density at radius 2 is 2.28 bits per heavy atom. The standard InChI is InChI=1S/C12H16ClN3O2/c1-8-6-10(14)4-5-15(8)12-7-9(13)2-3-11(12)16(17)18/h2-3,7-8,10H,4-6,14H2,1H3. The smallest absolute Gasteiger partial charge is 0.292 e. The van der Waals surface area contributed by atoms with Crippen LogP contribution < -0.4 is 10.6 Å². The zero-order valence-electron chi connectivity index (χ0n) is 10.2. The van der Waals surface area contributed by atoms with Gasteiger partial charge in [-0.3, -0.25) is 10.1 Å². The zero-order chi connectivity index (χ0) is 13.3. The number of rotatable bonds is 2. The van der Waals surface area contributed by atoms with Gasteiger partial charge in [0.05, 0.1) is 4.92 Å². The summed E-state index contributed by atoms with van der Waals surface area (Å²) in [4.78, 5) is 12.7. The van der Waals surface area contributed by atoms with E-state index in [1.54, 1.807) is 12.1 Å². The lowest BCUT2D eigenvalue weighted by molar-refractivity contribution is -0.384.